The van der Waals surface area contributed by atoms with Crippen LogP contribution in [-0.4, -0.2) is 37.2 Å². The van der Waals surface area contributed by atoms with Gasteiger partial charge in [-0.3, -0.25) is 14.4 Å². The molecule has 0 radical (unpaired) electrons. The van der Waals surface area contributed by atoms with Gasteiger partial charge in [0.05, 0.1) is 0 Å². The lowest BCUT2D eigenvalue weighted by Gasteiger charge is -2.18. The molecule has 6 heteroatoms. The summed E-state index contributed by atoms with van der Waals surface area (Å²) in [6.45, 7) is 6.57. The van der Waals surface area contributed by atoms with Crippen LogP contribution in [0.1, 0.15) is 278 Å². The van der Waals surface area contributed by atoms with Gasteiger partial charge in [-0.15, -0.1) is 0 Å². The zero-order valence-electron chi connectivity index (χ0n) is 37.2. The van der Waals surface area contributed by atoms with Crippen LogP contribution in [0.5, 0.6) is 0 Å². The SMILES string of the molecule is CCCCCCCCCCCCCCCCCCCCCCCCC(=O)OCC(COC(=O)CCCCCCC)OC(=O)CCCCCCCCCCCC. The molecule has 0 saturated carbocycles. The first kappa shape index (κ1) is 53.4. The molecule has 55 heavy (non-hydrogen) atoms. The van der Waals surface area contributed by atoms with Crippen LogP contribution in [0.2, 0.25) is 0 Å². The van der Waals surface area contributed by atoms with E-state index in [0.717, 1.165) is 64.2 Å². The molecule has 0 amide bonds. The largest absolute Gasteiger partial charge is 0.462 e. The highest BCUT2D eigenvalue weighted by Gasteiger charge is 2.19. The number of carbonyl (C=O) groups is 3. The first-order chi connectivity index (χ1) is 27.0. The lowest BCUT2D eigenvalue weighted by atomic mass is 10.0. The van der Waals surface area contributed by atoms with Crippen molar-refractivity contribution in [2.75, 3.05) is 13.2 Å². The molecule has 0 saturated heterocycles. The Labute approximate surface area is 342 Å². The van der Waals surface area contributed by atoms with E-state index in [1.807, 2.05) is 0 Å². The molecule has 0 aliphatic heterocycles. The van der Waals surface area contributed by atoms with Gasteiger partial charge in [0.25, 0.3) is 0 Å². The third kappa shape index (κ3) is 43.4. The van der Waals surface area contributed by atoms with Gasteiger partial charge in [-0.1, -0.05) is 239 Å². The standard InChI is InChI=1S/C49H94O6/c1-4-7-10-13-15-17-19-20-21-22-23-24-25-26-27-28-29-30-32-33-36-39-42-48(51)54-45-46(44-53-47(50)41-38-35-12-9-6-3)55-49(52)43-40-37-34-31-18-16-14-11-8-5-2/h46H,4-45H2,1-3H3. The summed E-state index contributed by atoms with van der Waals surface area (Å²) in [6, 6.07) is 0. The molecule has 1 atom stereocenters. The number of ether oxygens (including phenoxy) is 3. The van der Waals surface area contributed by atoms with Gasteiger partial charge < -0.3 is 14.2 Å². The topological polar surface area (TPSA) is 78.9 Å². The summed E-state index contributed by atoms with van der Waals surface area (Å²) in [4.78, 5) is 37.5. The van der Waals surface area contributed by atoms with Gasteiger partial charge in [-0.25, -0.2) is 0 Å². The van der Waals surface area contributed by atoms with Crippen molar-refractivity contribution in [2.24, 2.45) is 0 Å². The van der Waals surface area contributed by atoms with Crippen molar-refractivity contribution >= 4 is 17.9 Å². The summed E-state index contributed by atoms with van der Waals surface area (Å²) in [6.07, 6.45) is 47.1. The molecule has 0 aliphatic rings. The average molecular weight is 779 g/mol. The van der Waals surface area contributed by atoms with Gasteiger partial charge in [0.1, 0.15) is 13.2 Å². The fourth-order valence-corrected chi connectivity index (χ4v) is 7.38. The lowest BCUT2D eigenvalue weighted by Crippen LogP contribution is -2.30. The number of rotatable bonds is 45. The quantitative estimate of drug-likeness (QED) is 0.0348. The van der Waals surface area contributed by atoms with Crippen molar-refractivity contribution < 1.29 is 28.6 Å². The second-order valence-electron chi connectivity index (χ2n) is 16.7. The molecule has 6 nitrogen and oxygen atoms in total. The fourth-order valence-electron chi connectivity index (χ4n) is 7.38. The summed E-state index contributed by atoms with van der Waals surface area (Å²) in [5.41, 5.74) is 0. The smallest absolute Gasteiger partial charge is 0.306 e. The van der Waals surface area contributed by atoms with E-state index in [2.05, 4.69) is 20.8 Å². The molecule has 0 aromatic carbocycles. The van der Waals surface area contributed by atoms with E-state index < -0.39 is 6.10 Å². The molecule has 326 valence electrons. The van der Waals surface area contributed by atoms with E-state index in [9.17, 15) is 14.4 Å². The van der Waals surface area contributed by atoms with Crippen LogP contribution in [0.3, 0.4) is 0 Å². The summed E-state index contributed by atoms with van der Waals surface area (Å²) in [7, 11) is 0. The van der Waals surface area contributed by atoms with E-state index in [-0.39, 0.29) is 31.1 Å². The van der Waals surface area contributed by atoms with Gasteiger partial charge in [-0.05, 0) is 19.3 Å². The third-order valence-electron chi connectivity index (χ3n) is 11.1. The van der Waals surface area contributed by atoms with E-state index in [1.165, 1.54) is 173 Å². The predicted molar refractivity (Wildman–Crippen MR) is 233 cm³/mol. The minimum Gasteiger partial charge on any atom is -0.462 e. The second-order valence-corrected chi connectivity index (χ2v) is 16.7. The normalized spacial score (nSPS) is 11.8. The Balaban J connectivity index is 4.00. The number of esters is 3. The number of carbonyl (C=O) groups excluding carboxylic acids is 3. The van der Waals surface area contributed by atoms with Gasteiger partial charge in [-0.2, -0.15) is 0 Å². The zero-order valence-corrected chi connectivity index (χ0v) is 37.2. The summed E-state index contributed by atoms with van der Waals surface area (Å²) in [5, 5.41) is 0. The molecule has 0 aliphatic carbocycles. The van der Waals surface area contributed by atoms with Crippen LogP contribution in [0.15, 0.2) is 0 Å². The molecule has 0 heterocycles. The highest BCUT2D eigenvalue weighted by Crippen LogP contribution is 2.17. The zero-order chi connectivity index (χ0) is 40.1. The molecule has 0 fully saturated rings. The van der Waals surface area contributed by atoms with Crippen LogP contribution in [-0.2, 0) is 28.6 Å². The molecule has 0 bridgehead atoms. The van der Waals surface area contributed by atoms with Gasteiger partial charge in [0, 0.05) is 19.3 Å². The van der Waals surface area contributed by atoms with E-state index in [1.54, 1.807) is 0 Å². The molecule has 0 aromatic heterocycles. The van der Waals surface area contributed by atoms with Gasteiger partial charge in [0.15, 0.2) is 6.10 Å². The maximum absolute atomic E-state index is 12.6. The predicted octanol–water partition coefficient (Wildman–Crippen LogP) is 15.6. The molecule has 0 N–H and O–H groups in total. The Hall–Kier alpha value is -1.59. The maximum Gasteiger partial charge on any atom is 0.306 e. The van der Waals surface area contributed by atoms with E-state index in [0.29, 0.717) is 19.3 Å². The van der Waals surface area contributed by atoms with Crippen molar-refractivity contribution in [1.82, 2.24) is 0 Å². The van der Waals surface area contributed by atoms with Crippen molar-refractivity contribution in [1.29, 1.82) is 0 Å². The molecule has 1 unspecified atom stereocenters. The summed E-state index contributed by atoms with van der Waals surface area (Å²) < 4.78 is 16.6. The Morgan fingerprint density at radius 2 is 0.491 bits per heavy atom. The van der Waals surface area contributed by atoms with Gasteiger partial charge >= 0.3 is 17.9 Å². The van der Waals surface area contributed by atoms with Crippen LogP contribution in [0, 0.1) is 0 Å². The van der Waals surface area contributed by atoms with Crippen molar-refractivity contribution in [3.63, 3.8) is 0 Å². The molecule has 0 spiro atoms. The maximum atomic E-state index is 12.6. The number of hydrogen-bond acceptors (Lipinski definition) is 6. The van der Waals surface area contributed by atoms with Crippen LogP contribution >= 0.6 is 0 Å². The second kappa shape index (κ2) is 45.1. The molecule has 0 aromatic rings. The number of unbranched alkanes of at least 4 members (excludes halogenated alkanes) is 34. The van der Waals surface area contributed by atoms with E-state index in [4.69, 9.17) is 14.2 Å². The Kier molecular flexibility index (Phi) is 43.8. The average Bonchev–Trinajstić information content (AvgIpc) is 3.18. The monoisotopic (exact) mass is 779 g/mol. The first-order valence-electron chi connectivity index (χ1n) is 24.5. The third-order valence-corrected chi connectivity index (χ3v) is 11.1. The first-order valence-corrected chi connectivity index (χ1v) is 24.5. The van der Waals surface area contributed by atoms with Gasteiger partial charge in [0.2, 0.25) is 0 Å². The Bertz CT molecular complexity index is 813. The van der Waals surface area contributed by atoms with Crippen LogP contribution < -0.4 is 0 Å². The Morgan fingerprint density at radius 1 is 0.291 bits per heavy atom. The highest BCUT2D eigenvalue weighted by molar-refractivity contribution is 5.71. The number of hydrogen-bond donors (Lipinski definition) is 0. The van der Waals surface area contributed by atoms with E-state index >= 15 is 0 Å². The summed E-state index contributed by atoms with van der Waals surface area (Å²) in [5.74, 6) is -0.865. The minimum absolute atomic E-state index is 0.0638. The fraction of sp³-hybridized carbons (Fsp3) is 0.939. The van der Waals surface area contributed by atoms with Crippen molar-refractivity contribution in [2.45, 2.75) is 284 Å². The lowest BCUT2D eigenvalue weighted by molar-refractivity contribution is -0.167. The van der Waals surface area contributed by atoms with Crippen LogP contribution in [0.4, 0.5) is 0 Å². The minimum atomic E-state index is -0.756. The molecule has 0 rings (SSSR count). The van der Waals surface area contributed by atoms with Crippen molar-refractivity contribution in [3.8, 4) is 0 Å². The molecular formula is C49H94O6. The van der Waals surface area contributed by atoms with Crippen LogP contribution in [0.25, 0.3) is 0 Å². The highest BCUT2D eigenvalue weighted by atomic mass is 16.6. The summed E-state index contributed by atoms with van der Waals surface area (Å²) >= 11 is 0. The Morgan fingerprint density at radius 3 is 0.727 bits per heavy atom. The molecular weight excluding hydrogens is 685 g/mol. The van der Waals surface area contributed by atoms with Crippen molar-refractivity contribution in [3.05, 3.63) is 0 Å².